The maximum atomic E-state index is 11.5. The van der Waals surface area contributed by atoms with Crippen LogP contribution >= 0.6 is 0 Å². The number of benzene rings is 2. The zero-order valence-corrected chi connectivity index (χ0v) is 11.2. The Hall–Kier alpha value is -2.33. The monoisotopic (exact) mass is 268 g/mol. The molecule has 0 aliphatic heterocycles. The van der Waals surface area contributed by atoms with Gasteiger partial charge in [-0.1, -0.05) is 36.4 Å². The molecule has 0 unspecified atom stereocenters. The van der Waals surface area contributed by atoms with Gasteiger partial charge in [-0.15, -0.1) is 0 Å². The van der Waals surface area contributed by atoms with Gasteiger partial charge in [0.05, 0.1) is 7.11 Å². The smallest absolute Gasteiger partial charge is 0.324 e. The summed E-state index contributed by atoms with van der Waals surface area (Å²) in [6.07, 6.45) is 0. The Morgan fingerprint density at radius 2 is 1.60 bits per heavy atom. The van der Waals surface area contributed by atoms with Gasteiger partial charge in [-0.05, 0) is 12.1 Å². The van der Waals surface area contributed by atoms with Crippen molar-refractivity contribution in [2.24, 2.45) is 5.73 Å². The number of hydrogen-bond acceptors (Lipinski definition) is 3. The number of carbonyl (C=O) groups excluding carboxylic acids is 1. The predicted molar refractivity (Wildman–Crippen MR) is 79.4 cm³/mol. The van der Waals surface area contributed by atoms with Crippen molar-refractivity contribution in [2.75, 3.05) is 7.11 Å². The highest BCUT2D eigenvalue weighted by atomic mass is 16.5. The fourth-order valence-corrected chi connectivity index (χ4v) is 2.62. The third-order valence-electron chi connectivity index (χ3n) is 3.56. The molecule has 0 spiro atoms. The molecule has 1 aromatic heterocycles. The maximum absolute atomic E-state index is 11.5. The quantitative estimate of drug-likeness (QED) is 0.741. The van der Waals surface area contributed by atoms with Crippen molar-refractivity contribution in [3.63, 3.8) is 0 Å². The number of carbonyl (C=O) groups is 1. The van der Waals surface area contributed by atoms with Crippen LogP contribution in [0.2, 0.25) is 0 Å². The van der Waals surface area contributed by atoms with Gasteiger partial charge >= 0.3 is 5.97 Å². The SMILES string of the molecule is COC(=O)[C@@H](N)Cn1c2ccccc2c2ccccc21. The molecule has 102 valence electrons. The Labute approximate surface area is 116 Å². The van der Waals surface area contributed by atoms with Crippen LogP contribution in [0, 0.1) is 0 Å². The number of methoxy groups -OCH3 is 1. The molecule has 0 fully saturated rings. The van der Waals surface area contributed by atoms with E-state index in [-0.39, 0.29) is 0 Å². The van der Waals surface area contributed by atoms with E-state index in [9.17, 15) is 4.79 Å². The second-order valence-electron chi connectivity index (χ2n) is 4.77. The minimum atomic E-state index is -0.667. The molecule has 0 bridgehead atoms. The number of nitrogens with zero attached hydrogens (tertiary/aromatic N) is 1. The standard InChI is InChI=1S/C16H16N2O2/c1-20-16(19)13(17)10-18-14-8-4-2-6-11(14)12-7-3-5-9-15(12)18/h2-9,13H,10,17H2,1H3/t13-/m0/s1. The summed E-state index contributed by atoms with van der Waals surface area (Å²) in [6.45, 7) is 0.403. The fraction of sp³-hybridized carbons (Fsp3) is 0.188. The van der Waals surface area contributed by atoms with Crippen molar-refractivity contribution in [1.82, 2.24) is 4.57 Å². The zero-order valence-electron chi connectivity index (χ0n) is 11.2. The molecule has 0 amide bonds. The number of aromatic nitrogens is 1. The molecule has 1 heterocycles. The van der Waals surface area contributed by atoms with Crippen LogP contribution < -0.4 is 5.73 Å². The molecule has 3 rings (SSSR count). The molecule has 4 heteroatoms. The molecule has 4 nitrogen and oxygen atoms in total. The summed E-state index contributed by atoms with van der Waals surface area (Å²) in [5.74, 6) is -0.396. The van der Waals surface area contributed by atoms with Crippen LogP contribution in [0.1, 0.15) is 0 Å². The molecular weight excluding hydrogens is 252 g/mol. The Balaban J connectivity index is 2.19. The van der Waals surface area contributed by atoms with Crippen molar-refractivity contribution in [3.8, 4) is 0 Å². The largest absolute Gasteiger partial charge is 0.468 e. The van der Waals surface area contributed by atoms with E-state index in [0.29, 0.717) is 6.54 Å². The van der Waals surface area contributed by atoms with E-state index in [1.165, 1.54) is 17.9 Å². The summed E-state index contributed by atoms with van der Waals surface area (Å²) in [7, 11) is 1.36. The lowest BCUT2D eigenvalue weighted by molar-refractivity contribution is -0.142. The fourth-order valence-electron chi connectivity index (χ4n) is 2.62. The minimum absolute atomic E-state index is 0.396. The van der Waals surface area contributed by atoms with Crippen LogP contribution in [-0.4, -0.2) is 23.7 Å². The lowest BCUT2D eigenvalue weighted by atomic mass is 10.2. The van der Waals surface area contributed by atoms with Crippen molar-refractivity contribution < 1.29 is 9.53 Å². The van der Waals surface area contributed by atoms with E-state index >= 15 is 0 Å². The van der Waals surface area contributed by atoms with Gasteiger partial charge in [0.15, 0.2) is 0 Å². The minimum Gasteiger partial charge on any atom is -0.468 e. The Morgan fingerprint density at radius 3 is 2.10 bits per heavy atom. The number of hydrogen-bond donors (Lipinski definition) is 1. The topological polar surface area (TPSA) is 57.2 Å². The van der Waals surface area contributed by atoms with Crippen LogP contribution in [0.25, 0.3) is 21.8 Å². The summed E-state index contributed by atoms with van der Waals surface area (Å²) in [4.78, 5) is 11.5. The van der Waals surface area contributed by atoms with Gasteiger partial charge in [-0.25, -0.2) is 0 Å². The molecule has 2 aromatic carbocycles. The number of esters is 1. The lowest BCUT2D eigenvalue weighted by Crippen LogP contribution is -2.35. The van der Waals surface area contributed by atoms with E-state index in [4.69, 9.17) is 10.5 Å². The normalized spacial score (nSPS) is 12.7. The van der Waals surface area contributed by atoms with Gasteiger partial charge < -0.3 is 15.0 Å². The third-order valence-corrected chi connectivity index (χ3v) is 3.56. The summed E-state index contributed by atoms with van der Waals surface area (Å²) in [5, 5.41) is 2.33. The van der Waals surface area contributed by atoms with Gasteiger partial charge in [0.1, 0.15) is 6.04 Å². The summed E-state index contributed by atoms with van der Waals surface area (Å²) >= 11 is 0. The maximum Gasteiger partial charge on any atom is 0.324 e. The first-order chi connectivity index (χ1) is 9.72. The van der Waals surface area contributed by atoms with Gasteiger partial charge in [0.25, 0.3) is 0 Å². The molecule has 3 aromatic rings. The van der Waals surface area contributed by atoms with Gasteiger partial charge in [-0.3, -0.25) is 4.79 Å². The van der Waals surface area contributed by atoms with E-state index in [1.54, 1.807) is 0 Å². The first kappa shape index (κ1) is 12.7. The molecule has 0 aliphatic rings. The van der Waals surface area contributed by atoms with Crippen LogP contribution in [-0.2, 0) is 16.1 Å². The van der Waals surface area contributed by atoms with Crippen LogP contribution in [0.4, 0.5) is 0 Å². The van der Waals surface area contributed by atoms with Gasteiger partial charge in [0.2, 0.25) is 0 Å². The number of rotatable bonds is 3. The van der Waals surface area contributed by atoms with Crippen molar-refractivity contribution in [2.45, 2.75) is 12.6 Å². The molecule has 0 aliphatic carbocycles. The molecule has 20 heavy (non-hydrogen) atoms. The number of nitrogens with two attached hydrogens (primary N) is 1. The first-order valence-corrected chi connectivity index (χ1v) is 6.51. The molecule has 1 atom stereocenters. The van der Waals surface area contributed by atoms with E-state index < -0.39 is 12.0 Å². The third kappa shape index (κ3) is 1.94. The average molecular weight is 268 g/mol. The molecular formula is C16H16N2O2. The average Bonchev–Trinajstić information content (AvgIpc) is 2.81. The Morgan fingerprint density at radius 1 is 1.10 bits per heavy atom. The molecule has 0 radical (unpaired) electrons. The lowest BCUT2D eigenvalue weighted by Gasteiger charge is -2.12. The second-order valence-corrected chi connectivity index (χ2v) is 4.77. The van der Waals surface area contributed by atoms with E-state index in [2.05, 4.69) is 16.7 Å². The highest BCUT2D eigenvalue weighted by Crippen LogP contribution is 2.28. The number of para-hydroxylation sites is 2. The molecule has 2 N–H and O–H groups in total. The van der Waals surface area contributed by atoms with Gasteiger partial charge in [0, 0.05) is 28.4 Å². The van der Waals surface area contributed by atoms with Crippen molar-refractivity contribution in [1.29, 1.82) is 0 Å². The van der Waals surface area contributed by atoms with E-state index in [1.807, 2.05) is 36.4 Å². The number of ether oxygens (including phenoxy) is 1. The van der Waals surface area contributed by atoms with Crippen molar-refractivity contribution in [3.05, 3.63) is 48.5 Å². The molecule has 0 saturated heterocycles. The van der Waals surface area contributed by atoms with Crippen LogP contribution in [0.5, 0.6) is 0 Å². The molecule has 0 saturated carbocycles. The highest BCUT2D eigenvalue weighted by molar-refractivity contribution is 6.08. The predicted octanol–water partition coefficient (Wildman–Crippen LogP) is 2.29. The van der Waals surface area contributed by atoms with Gasteiger partial charge in [-0.2, -0.15) is 0 Å². The Kier molecular flexibility index (Phi) is 3.16. The second kappa shape index (κ2) is 4.98. The van der Waals surface area contributed by atoms with Crippen LogP contribution in [0.3, 0.4) is 0 Å². The first-order valence-electron chi connectivity index (χ1n) is 6.51. The summed E-state index contributed by atoms with van der Waals surface area (Å²) < 4.78 is 6.78. The Bertz CT molecular complexity index is 723. The van der Waals surface area contributed by atoms with Crippen LogP contribution in [0.15, 0.2) is 48.5 Å². The summed E-state index contributed by atoms with van der Waals surface area (Å²) in [5.41, 5.74) is 8.06. The zero-order chi connectivity index (χ0) is 14.1. The summed E-state index contributed by atoms with van der Waals surface area (Å²) in [6, 6.07) is 15.6. The highest BCUT2D eigenvalue weighted by Gasteiger charge is 2.17. The van der Waals surface area contributed by atoms with E-state index in [0.717, 1.165) is 11.0 Å². The number of fused-ring (bicyclic) bond motifs is 3. The van der Waals surface area contributed by atoms with Crippen molar-refractivity contribution >= 4 is 27.8 Å².